The maximum atomic E-state index is 13.1. The summed E-state index contributed by atoms with van der Waals surface area (Å²) < 4.78 is 7.57. The van der Waals surface area contributed by atoms with E-state index in [0.717, 1.165) is 16.8 Å². The Morgan fingerprint density at radius 1 is 0.906 bits per heavy atom. The van der Waals surface area contributed by atoms with Gasteiger partial charge in [0.25, 0.3) is 5.91 Å². The van der Waals surface area contributed by atoms with Crippen molar-refractivity contribution < 1.29 is 9.53 Å². The number of ether oxygens (including phenoxy) is 1. The topological polar surface area (TPSA) is 81.4 Å². The van der Waals surface area contributed by atoms with E-state index in [1.807, 2.05) is 89.5 Å². The molecule has 0 spiro atoms. The summed E-state index contributed by atoms with van der Waals surface area (Å²) in [6, 6.07) is 26.7. The number of aromatic nitrogens is 4. The molecule has 0 atom stereocenters. The lowest BCUT2D eigenvalue weighted by molar-refractivity contribution is 0.102. The predicted molar refractivity (Wildman–Crippen MR) is 121 cm³/mol. The molecule has 3 heterocycles. The van der Waals surface area contributed by atoms with Gasteiger partial charge in [0.15, 0.2) is 0 Å². The molecule has 1 N–H and O–H groups in total. The number of carbonyl (C=O) groups excluding carboxylic acids is 1. The summed E-state index contributed by atoms with van der Waals surface area (Å²) in [6.07, 6.45) is 3.18. The fourth-order valence-electron chi connectivity index (χ4n) is 3.36. The summed E-state index contributed by atoms with van der Waals surface area (Å²) in [6.45, 7) is 0.352. The number of rotatable bonds is 6. The number of pyridine rings is 1. The van der Waals surface area contributed by atoms with Gasteiger partial charge in [-0.05, 0) is 17.7 Å². The lowest BCUT2D eigenvalue weighted by atomic mass is 10.1. The van der Waals surface area contributed by atoms with Crippen molar-refractivity contribution in [3.63, 3.8) is 0 Å². The maximum absolute atomic E-state index is 13.1. The van der Waals surface area contributed by atoms with Crippen LogP contribution < -0.4 is 10.1 Å². The fraction of sp³-hybridized carbons (Fsp3) is 0.0400. The van der Waals surface area contributed by atoms with Crippen LogP contribution in [0.15, 0.2) is 97.5 Å². The molecule has 0 fully saturated rings. The number of carbonyl (C=O) groups is 1. The van der Waals surface area contributed by atoms with Crippen molar-refractivity contribution in [3.8, 4) is 17.1 Å². The Bertz CT molecular complexity index is 1370. The standard InChI is InChI=1S/C25H19N5O2/c31-25(20-15-22(27-17-26-20)32-16-18-9-3-1-4-10-18)29-24-23(19-11-5-2-6-12-19)28-21-13-7-8-14-30(21)24/h1-15,17H,16H2,(H,29,31). The van der Waals surface area contributed by atoms with E-state index in [2.05, 4.69) is 15.3 Å². The number of imidazole rings is 1. The van der Waals surface area contributed by atoms with Gasteiger partial charge in [-0.25, -0.2) is 15.0 Å². The third-order valence-corrected chi connectivity index (χ3v) is 4.91. The van der Waals surface area contributed by atoms with E-state index in [0.29, 0.717) is 24.0 Å². The van der Waals surface area contributed by atoms with Crippen LogP contribution in [0.25, 0.3) is 16.9 Å². The first-order chi connectivity index (χ1) is 15.8. The summed E-state index contributed by atoms with van der Waals surface area (Å²) in [7, 11) is 0. The number of hydrogen-bond donors (Lipinski definition) is 1. The zero-order valence-electron chi connectivity index (χ0n) is 17.1. The Hall–Kier alpha value is -4.52. The van der Waals surface area contributed by atoms with E-state index in [1.165, 1.54) is 12.4 Å². The molecule has 7 nitrogen and oxygen atoms in total. The van der Waals surface area contributed by atoms with Crippen LogP contribution in [-0.4, -0.2) is 25.3 Å². The van der Waals surface area contributed by atoms with E-state index < -0.39 is 0 Å². The number of anilines is 1. The molecule has 0 aliphatic heterocycles. The van der Waals surface area contributed by atoms with E-state index in [1.54, 1.807) is 0 Å². The summed E-state index contributed by atoms with van der Waals surface area (Å²) in [4.78, 5) is 26.0. The van der Waals surface area contributed by atoms with Gasteiger partial charge < -0.3 is 10.1 Å². The van der Waals surface area contributed by atoms with Gasteiger partial charge in [-0.1, -0.05) is 66.7 Å². The highest BCUT2D eigenvalue weighted by molar-refractivity contribution is 6.04. The molecule has 3 aromatic heterocycles. The molecule has 32 heavy (non-hydrogen) atoms. The minimum absolute atomic E-state index is 0.202. The van der Waals surface area contributed by atoms with Crippen LogP contribution in [0.2, 0.25) is 0 Å². The maximum Gasteiger partial charge on any atom is 0.275 e. The third kappa shape index (κ3) is 4.04. The fourth-order valence-corrected chi connectivity index (χ4v) is 3.36. The van der Waals surface area contributed by atoms with Gasteiger partial charge in [-0.2, -0.15) is 0 Å². The van der Waals surface area contributed by atoms with Crippen molar-refractivity contribution in [1.82, 2.24) is 19.4 Å². The highest BCUT2D eigenvalue weighted by Crippen LogP contribution is 2.29. The predicted octanol–water partition coefficient (Wildman–Crippen LogP) is 4.62. The molecule has 156 valence electrons. The Morgan fingerprint density at radius 2 is 1.66 bits per heavy atom. The van der Waals surface area contributed by atoms with E-state index in [9.17, 15) is 4.79 Å². The summed E-state index contributed by atoms with van der Waals surface area (Å²) in [5.41, 5.74) is 3.53. The van der Waals surface area contributed by atoms with Crippen LogP contribution in [0.3, 0.4) is 0 Å². The first-order valence-electron chi connectivity index (χ1n) is 10.1. The average Bonchev–Trinajstić information content (AvgIpc) is 3.22. The monoisotopic (exact) mass is 421 g/mol. The van der Waals surface area contributed by atoms with Crippen molar-refractivity contribution in [3.05, 3.63) is 109 Å². The molecule has 0 radical (unpaired) electrons. The average molecular weight is 421 g/mol. The molecule has 1 amide bonds. The molecule has 7 heteroatoms. The minimum atomic E-state index is -0.375. The second-order valence-corrected chi connectivity index (χ2v) is 7.07. The van der Waals surface area contributed by atoms with Crippen molar-refractivity contribution in [1.29, 1.82) is 0 Å². The number of hydrogen-bond acceptors (Lipinski definition) is 5. The number of amides is 1. The van der Waals surface area contributed by atoms with Crippen LogP contribution in [0.4, 0.5) is 5.82 Å². The second-order valence-electron chi connectivity index (χ2n) is 7.07. The normalized spacial score (nSPS) is 10.8. The minimum Gasteiger partial charge on any atom is -0.473 e. The molecule has 2 aromatic carbocycles. The Balaban J connectivity index is 1.42. The Labute approximate surface area is 184 Å². The molecule has 0 saturated heterocycles. The number of benzene rings is 2. The highest BCUT2D eigenvalue weighted by atomic mass is 16.5. The van der Waals surface area contributed by atoms with Gasteiger partial charge >= 0.3 is 0 Å². The van der Waals surface area contributed by atoms with Crippen molar-refractivity contribution in [2.24, 2.45) is 0 Å². The van der Waals surface area contributed by atoms with Gasteiger partial charge in [0.05, 0.1) is 0 Å². The second kappa shape index (κ2) is 8.69. The largest absolute Gasteiger partial charge is 0.473 e. The van der Waals surface area contributed by atoms with Crippen LogP contribution in [0, 0.1) is 0 Å². The van der Waals surface area contributed by atoms with Gasteiger partial charge in [0.1, 0.15) is 35.8 Å². The van der Waals surface area contributed by atoms with E-state index >= 15 is 0 Å². The first-order valence-corrected chi connectivity index (χ1v) is 10.1. The summed E-state index contributed by atoms with van der Waals surface area (Å²) in [5.74, 6) is 0.525. The Kier molecular flexibility index (Phi) is 5.28. The van der Waals surface area contributed by atoms with Crippen molar-refractivity contribution >= 4 is 17.4 Å². The highest BCUT2D eigenvalue weighted by Gasteiger charge is 2.18. The van der Waals surface area contributed by atoms with Crippen LogP contribution in [-0.2, 0) is 6.61 Å². The lowest BCUT2D eigenvalue weighted by Gasteiger charge is -2.09. The SMILES string of the molecule is O=C(Nc1c(-c2ccccc2)nc2ccccn12)c1cc(OCc2ccccc2)ncn1. The number of nitrogens with one attached hydrogen (secondary N) is 1. The quantitative estimate of drug-likeness (QED) is 0.433. The molecule has 5 rings (SSSR count). The first kappa shape index (κ1) is 19.4. The molecule has 5 aromatic rings. The zero-order chi connectivity index (χ0) is 21.8. The molecule has 0 saturated carbocycles. The van der Waals surface area contributed by atoms with Crippen molar-refractivity contribution in [2.45, 2.75) is 6.61 Å². The van der Waals surface area contributed by atoms with E-state index in [-0.39, 0.29) is 11.6 Å². The molecule has 0 aliphatic carbocycles. The Morgan fingerprint density at radius 3 is 2.47 bits per heavy atom. The van der Waals surface area contributed by atoms with Gasteiger partial charge in [0.2, 0.25) is 5.88 Å². The molecular weight excluding hydrogens is 402 g/mol. The summed E-state index contributed by atoms with van der Waals surface area (Å²) in [5, 5.41) is 2.97. The zero-order valence-corrected chi connectivity index (χ0v) is 17.1. The number of nitrogens with zero attached hydrogens (tertiary/aromatic N) is 4. The smallest absolute Gasteiger partial charge is 0.275 e. The van der Waals surface area contributed by atoms with Crippen LogP contribution in [0.5, 0.6) is 5.88 Å². The summed E-state index contributed by atoms with van der Waals surface area (Å²) >= 11 is 0. The lowest BCUT2D eigenvalue weighted by Crippen LogP contribution is -2.16. The molecular formula is C25H19N5O2. The third-order valence-electron chi connectivity index (χ3n) is 4.91. The van der Waals surface area contributed by atoms with Gasteiger partial charge in [-0.3, -0.25) is 9.20 Å². The van der Waals surface area contributed by atoms with Gasteiger partial charge in [-0.15, -0.1) is 0 Å². The van der Waals surface area contributed by atoms with E-state index in [4.69, 9.17) is 9.72 Å². The van der Waals surface area contributed by atoms with Crippen molar-refractivity contribution in [2.75, 3.05) is 5.32 Å². The van der Waals surface area contributed by atoms with Crippen LogP contribution in [0.1, 0.15) is 16.1 Å². The molecule has 0 bridgehead atoms. The molecule has 0 unspecified atom stereocenters. The molecule has 0 aliphatic rings. The van der Waals surface area contributed by atoms with Crippen LogP contribution >= 0.6 is 0 Å². The van der Waals surface area contributed by atoms with Gasteiger partial charge in [0, 0.05) is 17.8 Å². The number of fused-ring (bicyclic) bond motifs is 1.